The Bertz CT molecular complexity index is 1480. The monoisotopic (exact) mass is 536 g/mol. The molecule has 0 aliphatic carbocycles. The minimum Gasteiger partial charge on any atom is -0.495 e. The highest BCUT2D eigenvalue weighted by molar-refractivity contribution is 8.00. The minimum absolute atomic E-state index is 0.115. The maximum absolute atomic E-state index is 13.0. The maximum atomic E-state index is 13.0. The number of para-hydroxylation sites is 2. The summed E-state index contributed by atoms with van der Waals surface area (Å²) < 4.78 is 12.5. The number of anilines is 1. The highest BCUT2D eigenvalue weighted by atomic mass is 32.2. The molecule has 4 aromatic rings. The van der Waals surface area contributed by atoms with Crippen LogP contribution in [0.2, 0.25) is 0 Å². The number of aromatic nitrogens is 3. The Balaban J connectivity index is 1.53. The van der Waals surface area contributed by atoms with E-state index in [1.165, 1.54) is 22.9 Å². The molecule has 0 bridgehead atoms. The van der Waals surface area contributed by atoms with Gasteiger partial charge in [-0.1, -0.05) is 37.7 Å². The van der Waals surface area contributed by atoms with E-state index >= 15 is 0 Å². The molecule has 4 heterocycles. The molecule has 1 atom stereocenters. The molecule has 194 valence electrons. The third kappa shape index (κ3) is 5.17. The zero-order valence-electron chi connectivity index (χ0n) is 22.0. The lowest BCUT2D eigenvalue weighted by Gasteiger charge is -2.33. The van der Waals surface area contributed by atoms with Crippen molar-refractivity contribution in [2.75, 3.05) is 12.4 Å². The second-order valence-corrected chi connectivity index (χ2v) is 12.8. The topological polar surface area (TPSA) is 86.2 Å². The summed E-state index contributed by atoms with van der Waals surface area (Å²) >= 11 is 3.05. The first-order valence-corrected chi connectivity index (χ1v) is 14.2. The first-order chi connectivity index (χ1) is 17.7. The summed E-state index contributed by atoms with van der Waals surface area (Å²) in [7, 11) is 1.59. The molecule has 0 spiro atoms. The summed E-state index contributed by atoms with van der Waals surface area (Å²) in [6, 6.07) is 7.40. The van der Waals surface area contributed by atoms with Gasteiger partial charge < -0.3 is 14.8 Å². The zero-order chi connectivity index (χ0) is 26.3. The number of methoxy groups -OCH3 is 1. The number of thioether (sulfide) groups is 1. The van der Waals surface area contributed by atoms with Gasteiger partial charge in [0.25, 0.3) is 0 Å². The van der Waals surface area contributed by atoms with Gasteiger partial charge in [-0.25, -0.2) is 15.0 Å². The normalized spacial score (nSPS) is 15.6. The van der Waals surface area contributed by atoms with Gasteiger partial charge in [0, 0.05) is 23.1 Å². The van der Waals surface area contributed by atoms with Gasteiger partial charge in [0.2, 0.25) is 5.91 Å². The smallest absolute Gasteiger partial charge is 0.237 e. The Morgan fingerprint density at radius 1 is 1.22 bits per heavy atom. The van der Waals surface area contributed by atoms with Crippen LogP contribution >= 0.6 is 23.1 Å². The Labute approximate surface area is 225 Å². The van der Waals surface area contributed by atoms with Gasteiger partial charge in [-0.3, -0.25) is 4.79 Å². The third-order valence-corrected chi connectivity index (χ3v) is 8.81. The van der Waals surface area contributed by atoms with Gasteiger partial charge in [0.15, 0.2) is 0 Å². The predicted molar refractivity (Wildman–Crippen MR) is 151 cm³/mol. The lowest BCUT2D eigenvalue weighted by molar-refractivity contribution is -0.115. The number of carbonyl (C=O) groups is 1. The second kappa shape index (κ2) is 10.2. The van der Waals surface area contributed by atoms with Crippen LogP contribution in [-0.4, -0.2) is 38.8 Å². The van der Waals surface area contributed by atoms with E-state index in [2.05, 4.69) is 38.0 Å². The minimum atomic E-state index is -0.376. The number of nitrogens with one attached hydrogen (secondary N) is 1. The first-order valence-electron chi connectivity index (χ1n) is 12.5. The number of hydrogen-bond donors (Lipinski definition) is 1. The Hall–Kier alpha value is -2.75. The molecule has 1 unspecified atom stereocenters. The molecule has 9 heteroatoms. The molecule has 1 aliphatic heterocycles. The van der Waals surface area contributed by atoms with Crippen LogP contribution in [0.25, 0.3) is 20.4 Å². The lowest BCUT2D eigenvalue weighted by Crippen LogP contribution is -2.33. The van der Waals surface area contributed by atoms with Crippen LogP contribution < -0.4 is 10.1 Å². The van der Waals surface area contributed by atoms with Crippen LogP contribution in [-0.2, 0) is 29.0 Å². The molecule has 37 heavy (non-hydrogen) atoms. The molecule has 1 aromatic carbocycles. The number of rotatable bonds is 7. The molecular formula is C28H32N4O3S2. The van der Waals surface area contributed by atoms with Crippen LogP contribution in [0.15, 0.2) is 35.6 Å². The van der Waals surface area contributed by atoms with Crippen LogP contribution in [0.1, 0.15) is 51.4 Å². The fraction of sp³-hybridized carbons (Fsp3) is 0.429. The van der Waals surface area contributed by atoms with Crippen molar-refractivity contribution in [3.05, 3.63) is 47.4 Å². The van der Waals surface area contributed by atoms with Gasteiger partial charge in [-0.15, -0.1) is 11.3 Å². The summed E-state index contributed by atoms with van der Waals surface area (Å²) in [5.41, 5.74) is 4.92. The Morgan fingerprint density at radius 3 is 2.76 bits per heavy atom. The van der Waals surface area contributed by atoms with Crippen molar-refractivity contribution in [2.24, 2.45) is 5.92 Å². The molecular weight excluding hydrogens is 504 g/mol. The molecule has 0 saturated heterocycles. The van der Waals surface area contributed by atoms with Crippen molar-refractivity contribution >= 4 is 55.1 Å². The summed E-state index contributed by atoms with van der Waals surface area (Å²) in [5, 5.41) is 4.50. The molecule has 5 rings (SSSR count). The highest BCUT2D eigenvalue weighted by Crippen LogP contribution is 2.43. The SMILES string of the molecule is COc1ccccc1NC(=O)C(C)Sc1ncnc2c1sc1nc(CC(C)C)c3c(c12)CC(C)(C)OC3. The molecule has 1 amide bonds. The van der Waals surface area contributed by atoms with Gasteiger partial charge >= 0.3 is 0 Å². The van der Waals surface area contributed by atoms with Crippen LogP contribution in [0, 0.1) is 5.92 Å². The molecule has 0 fully saturated rings. The van der Waals surface area contributed by atoms with Gasteiger partial charge in [-0.2, -0.15) is 0 Å². The van der Waals surface area contributed by atoms with E-state index in [1.54, 1.807) is 24.8 Å². The summed E-state index contributed by atoms with van der Waals surface area (Å²) in [6.07, 6.45) is 3.31. The Morgan fingerprint density at radius 2 is 2.00 bits per heavy atom. The summed E-state index contributed by atoms with van der Waals surface area (Å²) in [6.45, 7) is 11.2. The van der Waals surface area contributed by atoms with Crippen molar-refractivity contribution in [2.45, 2.75) is 69.9 Å². The van der Waals surface area contributed by atoms with E-state index in [0.717, 1.165) is 44.0 Å². The fourth-order valence-electron chi connectivity index (χ4n) is 4.70. The number of thiophene rings is 1. The number of ether oxygens (including phenoxy) is 2. The van der Waals surface area contributed by atoms with E-state index < -0.39 is 0 Å². The fourth-order valence-corrected chi connectivity index (χ4v) is 6.84. The van der Waals surface area contributed by atoms with Crippen LogP contribution in [0.4, 0.5) is 5.69 Å². The van der Waals surface area contributed by atoms with E-state index in [0.29, 0.717) is 24.0 Å². The average Bonchev–Trinajstić information content (AvgIpc) is 3.23. The molecule has 7 nitrogen and oxygen atoms in total. The van der Waals surface area contributed by atoms with Crippen molar-refractivity contribution in [3.8, 4) is 5.75 Å². The number of carbonyl (C=O) groups excluding carboxylic acids is 1. The molecule has 0 radical (unpaired) electrons. The van der Waals surface area contributed by atoms with Crippen LogP contribution in [0.5, 0.6) is 5.75 Å². The Kier molecular flexibility index (Phi) is 7.13. The second-order valence-electron chi connectivity index (χ2n) is 10.4. The number of nitrogens with zero attached hydrogens (tertiary/aromatic N) is 3. The van der Waals surface area contributed by atoms with E-state index in [1.807, 2.05) is 31.2 Å². The number of benzene rings is 1. The number of fused-ring (bicyclic) bond motifs is 5. The zero-order valence-corrected chi connectivity index (χ0v) is 23.7. The first kappa shape index (κ1) is 25.9. The van der Waals surface area contributed by atoms with Crippen molar-refractivity contribution < 1.29 is 14.3 Å². The average molecular weight is 537 g/mol. The molecule has 0 saturated carbocycles. The summed E-state index contributed by atoms with van der Waals surface area (Å²) in [4.78, 5) is 28.4. The number of hydrogen-bond acceptors (Lipinski definition) is 8. The van der Waals surface area contributed by atoms with Crippen LogP contribution in [0.3, 0.4) is 0 Å². The predicted octanol–water partition coefficient (Wildman–Crippen LogP) is 6.42. The van der Waals surface area contributed by atoms with Gasteiger partial charge in [-0.05, 0) is 50.8 Å². The molecule has 1 aliphatic rings. The van der Waals surface area contributed by atoms with E-state index in [4.69, 9.17) is 19.4 Å². The third-order valence-electron chi connectivity index (χ3n) is 6.51. The van der Waals surface area contributed by atoms with Gasteiger partial charge in [0.05, 0.1) is 40.5 Å². The maximum Gasteiger partial charge on any atom is 0.237 e. The lowest BCUT2D eigenvalue weighted by atomic mass is 9.88. The van der Waals surface area contributed by atoms with E-state index in [-0.39, 0.29) is 16.8 Å². The van der Waals surface area contributed by atoms with Crippen molar-refractivity contribution in [1.29, 1.82) is 0 Å². The van der Waals surface area contributed by atoms with Crippen molar-refractivity contribution in [1.82, 2.24) is 15.0 Å². The highest BCUT2D eigenvalue weighted by Gasteiger charge is 2.32. The van der Waals surface area contributed by atoms with E-state index in [9.17, 15) is 4.79 Å². The molecule has 1 N–H and O–H groups in total. The van der Waals surface area contributed by atoms with Crippen molar-refractivity contribution in [3.63, 3.8) is 0 Å². The number of pyridine rings is 1. The largest absolute Gasteiger partial charge is 0.495 e. The number of amides is 1. The quantitative estimate of drug-likeness (QED) is 0.215. The van der Waals surface area contributed by atoms with Gasteiger partial charge in [0.1, 0.15) is 21.9 Å². The standard InChI is InChI=1S/C28H32N4O3S2/c1-15(2)11-20-18-13-35-28(4,5)12-17(18)22-23-24(37-26(22)32-20)27(30-14-29-23)36-16(3)25(33)31-19-9-7-8-10-21(19)34-6/h7-10,14-16H,11-13H2,1-6H3,(H,31,33). The molecule has 3 aromatic heterocycles. The summed E-state index contributed by atoms with van der Waals surface area (Å²) in [5.74, 6) is 1.00.